The van der Waals surface area contributed by atoms with Gasteiger partial charge in [-0.2, -0.15) is 0 Å². The zero-order chi connectivity index (χ0) is 29.5. The van der Waals surface area contributed by atoms with Crippen LogP contribution in [0.3, 0.4) is 0 Å². The Morgan fingerprint density at radius 2 is 0.949 bits per heavy atom. The van der Waals surface area contributed by atoms with Gasteiger partial charge in [-0.25, -0.2) is 9.59 Å². The monoisotopic (exact) mass is 553 g/mol. The van der Waals surface area contributed by atoms with Crippen molar-refractivity contribution in [3.8, 4) is 0 Å². The molecule has 39 heavy (non-hydrogen) atoms. The summed E-state index contributed by atoms with van der Waals surface area (Å²) < 4.78 is -0.514. The minimum absolute atomic E-state index is 0.110. The van der Waals surface area contributed by atoms with Crippen molar-refractivity contribution in [2.75, 3.05) is 6.54 Å². The molecule has 0 spiro atoms. The molecule has 0 saturated heterocycles. The molecule has 0 aliphatic heterocycles. The van der Waals surface area contributed by atoms with Crippen molar-refractivity contribution >= 4 is 17.9 Å². The minimum Gasteiger partial charge on any atom is -0.544 e. The molecule has 3 atom stereocenters. The Morgan fingerprint density at radius 1 is 0.590 bits per heavy atom. The number of nitrogens with zero attached hydrogens (tertiary/aromatic N) is 1. The largest absolute Gasteiger partial charge is 0.544 e. The maximum absolute atomic E-state index is 12.2. The van der Waals surface area contributed by atoms with Crippen LogP contribution < -0.4 is 5.11 Å². The van der Waals surface area contributed by atoms with Gasteiger partial charge in [0.2, 0.25) is 0 Å². The number of carbonyl (C=O) groups is 3. The number of unbranched alkanes of at least 4 members (excludes halogenated alkanes) is 14. The Labute approximate surface area is 238 Å². The maximum atomic E-state index is 12.2. The first-order chi connectivity index (χ1) is 18.7. The van der Waals surface area contributed by atoms with Gasteiger partial charge < -0.3 is 20.1 Å². The average Bonchev–Trinajstić information content (AvgIpc) is 2.88. The first-order valence-corrected chi connectivity index (χ1v) is 15.9. The Bertz CT molecular complexity index is 637. The van der Waals surface area contributed by atoms with E-state index < -0.39 is 40.5 Å². The van der Waals surface area contributed by atoms with Crippen molar-refractivity contribution in [2.45, 2.75) is 168 Å². The fourth-order valence-electron chi connectivity index (χ4n) is 6.25. The summed E-state index contributed by atoms with van der Waals surface area (Å²) >= 11 is 0. The van der Waals surface area contributed by atoms with Crippen LogP contribution in [0.5, 0.6) is 0 Å². The molecule has 0 aliphatic rings. The Balaban J connectivity index is 4.66. The van der Waals surface area contributed by atoms with Gasteiger partial charge in [-0.1, -0.05) is 123 Å². The Morgan fingerprint density at radius 3 is 1.28 bits per heavy atom. The number of carboxylic acids is 3. The number of carbonyl (C=O) groups excluding carboxylic acids is 1. The van der Waals surface area contributed by atoms with E-state index in [4.69, 9.17) is 0 Å². The molecule has 7 nitrogen and oxygen atoms in total. The third kappa shape index (κ3) is 13.8. The lowest BCUT2D eigenvalue weighted by Gasteiger charge is -2.51. The standard InChI is InChI=1S/C32H59NO6/c1-5-9-10-11-12-13-14-15-16-17-18-19-20-21-22-23-24-25-26-33(27(6-2)30(34)35,28(7-3)31(36)37)29(8-4)32(38)39/h23-24,27-29H,5-22,25-26H2,1-4H3,(H2-,34,35,36,37,38,39)/b24-23+. The second-order valence-corrected chi connectivity index (χ2v) is 11.1. The smallest absolute Gasteiger partial charge is 0.362 e. The number of allylic oxidation sites excluding steroid dienone is 1. The first kappa shape index (κ1) is 37.1. The summed E-state index contributed by atoms with van der Waals surface area (Å²) in [5.74, 6) is -3.71. The van der Waals surface area contributed by atoms with Crippen LogP contribution in [0, 0.1) is 0 Å². The number of hydrogen-bond donors (Lipinski definition) is 2. The molecule has 0 bridgehead atoms. The van der Waals surface area contributed by atoms with Crippen LogP contribution >= 0.6 is 0 Å². The van der Waals surface area contributed by atoms with Crippen molar-refractivity contribution in [1.82, 2.24) is 0 Å². The van der Waals surface area contributed by atoms with Gasteiger partial charge in [0.1, 0.15) is 6.04 Å². The molecular formula is C32H59NO6. The first-order valence-electron chi connectivity index (χ1n) is 15.9. The van der Waals surface area contributed by atoms with E-state index in [1.165, 1.54) is 83.5 Å². The van der Waals surface area contributed by atoms with Crippen LogP contribution in [-0.2, 0) is 14.4 Å². The van der Waals surface area contributed by atoms with Gasteiger partial charge in [-0.3, -0.25) is 4.48 Å². The van der Waals surface area contributed by atoms with E-state index in [0.717, 1.165) is 12.8 Å². The molecule has 7 heteroatoms. The molecule has 0 heterocycles. The molecule has 0 aromatic heterocycles. The maximum Gasteiger partial charge on any atom is 0.362 e. The van der Waals surface area contributed by atoms with E-state index in [1.54, 1.807) is 20.8 Å². The lowest BCUT2D eigenvalue weighted by atomic mass is 9.94. The number of quaternary nitrogens is 1. The van der Waals surface area contributed by atoms with Crippen LogP contribution in [0.4, 0.5) is 0 Å². The van der Waals surface area contributed by atoms with Gasteiger partial charge in [0.05, 0.1) is 12.5 Å². The van der Waals surface area contributed by atoms with Crippen LogP contribution in [0.1, 0.15) is 150 Å². The van der Waals surface area contributed by atoms with Crippen LogP contribution in [0.25, 0.3) is 0 Å². The zero-order valence-electron chi connectivity index (χ0n) is 25.5. The molecule has 228 valence electrons. The SMILES string of the molecule is CCCCCCCCCCCCCCCC/C=C/CC[N+](C(CC)C(=O)[O-])(C(CC)C(=O)O)C(CC)C(=O)O. The molecule has 0 fully saturated rings. The van der Waals surface area contributed by atoms with Crippen molar-refractivity contribution < 1.29 is 34.2 Å². The third-order valence-electron chi connectivity index (χ3n) is 8.32. The molecule has 0 aromatic carbocycles. The Hall–Kier alpha value is -1.89. The summed E-state index contributed by atoms with van der Waals surface area (Å²) in [4.78, 5) is 36.6. The fraction of sp³-hybridized carbons (Fsp3) is 0.844. The van der Waals surface area contributed by atoms with Gasteiger partial charge in [-0.05, 0) is 12.8 Å². The molecule has 2 N–H and O–H groups in total. The van der Waals surface area contributed by atoms with E-state index >= 15 is 0 Å². The predicted molar refractivity (Wildman–Crippen MR) is 156 cm³/mol. The third-order valence-corrected chi connectivity index (χ3v) is 8.32. The van der Waals surface area contributed by atoms with Crippen molar-refractivity contribution in [3.63, 3.8) is 0 Å². The van der Waals surface area contributed by atoms with Gasteiger partial charge in [0.15, 0.2) is 12.1 Å². The molecule has 0 amide bonds. The van der Waals surface area contributed by atoms with E-state index in [1.807, 2.05) is 6.08 Å². The highest BCUT2D eigenvalue weighted by Gasteiger charge is 2.53. The molecule has 0 aromatic rings. The minimum atomic E-state index is -1.39. The topological polar surface area (TPSA) is 115 Å². The van der Waals surface area contributed by atoms with Crippen molar-refractivity contribution in [1.29, 1.82) is 0 Å². The van der Waals surface area contributed by atoms with E-state index in [2.05, 4.69) is 13.0 Å². The van der Waals surface area contributed by atoms with Crippen LogP contribution in [0.2, 0.25) is 0 Å². The predicted octanol–water partition coefficient (Wildman–Crippen LogP) is 6.88. The fourth-order valence-corrected chi connectivity index (χ4v) is 6.25. The molecule has 0 rings (SSSR count). The summed E-state index contributed by atoms with van der Waals surface area (Å²) in [6, 6.07) is -3.47. The summed E-state index contributed by atoms with van der Waals surface area (Å²) in [6.07, 6.45) is 24.2. The summed E-state index contributed by atoms with van der Waals surface area (Å²) in [6.45, 7) is 7.40. The van der Waals surface area contributed by atoms with Crippen LogP contribution in [0.15, 0.2) is 12.2 Å². The van der Waals surface area contributed by atoms with E-state index in [9.17, 15) is 29.7 Å². The number of hydrogen-bond acceptors (Lipinski definition) is 4. The van der Waals surface area contributed by atoms with Gasteiger partial charge in [-0.15, -0.1) is 0 Å². The molecule has 0 aliphatic carbocycles. The second kappa shape index (κ2) is 22.9. The van der Waals surface area contributed by atoms with Gasteiger partial charge in [0, 0.05) is 25.7 Å². The highest BCUT2D eigenvalue weighted by Crippen LogP contribution is 2.32. The van der Waals surface area contributed by atoms with Gasteiger partial charge >= 0.3 is 11.9 Å². The molecular weight excluding hydrogens is 494 g/mol. The van der Waals surface area contributed by atoms with Crippen molar-refractivity contribution in [2.24, 2.45) is 0 Å². The van der Waals surface area contributed by atoms with Crippen molar-refractivity contribution in [3.05, 3.63) is 12.2 Å². The average molecular weight is 554 g/mol. The number of rotatable bonds is 27. The highest BCUT2D eigenvalue weighted by molar-refractivity contribution is 5.77. The van der Waals surface area contributed by atoms with Gasteiger partial charge in [0.25, 0.3) is 0 Å². The zero-order valence-corrected chi connectivity index (χ0v) is 25.5. The molecule has 0 saturated carbocycles. The molecule has 3 unspecified atom stereocenters. The normalized spacial score (nSPS) is 15.6. The van der Waals surface area contributed by atoms with E-state index in [0.29, 0.717) is 6.42 Å². The van der Waals surface area contributed by atoms with E-state index in [-0.39, 0.29) is 25.8 Å². The van der Waals surface area contributed by atoms with Crippen LogP contribution in [-0.4, -0.2) is 57.3 Å². The summed E-state index contributed by atoms with van der Waals surface area (Å²) in [5, 5.41) is 32.1. The number of aliphatic carboxylic acids is 3. The highest BCUT2D eigenvalue weighted by atomic mass is 16.4. The lowest BCUT2D eigenvalue weighted by molar-refractivity contribution is -0.974. The quantitative estimate of drug-likeness (QED) is 0.0651. The number of carboxylic acid groups (broad SMARTS) is 3. The summed E-state index contributed by atoms with van der Waals surface area (Å²) in [5.41, 5.74) is 0. The lowest BCUT2D eigenvalue weighted by Crippen LogP contribution is -2.73. The Kier molecular flexibility index (Phi) is 21.8. The molecule has 0 radical (unpaired) electrons. The summed E-state index contributed by atoms with van der Waals surface area (Å²) in [7, 11) is 0. The second-order valence-electron chi connectivity index (χ2n) is 11.1.